The summed E-state index contributed by atoms with van der Waals surface area (Å²) in [5, 5.41) is 8.94. The molecule has 0 unspecified atom stereocenters. The number of anilines is 1. The zero-order valence-corrected chi connectivity index (χ0v) is 13.6. The van der Waals surface area contributed by atoms with Gasteiger partial charge in [0.25, 0.3) is 0 Å². The molecule has 2 heterocycles. The minimum atomic E-state index is -0.412. The fourth-order valence-corrected chi connectivity index (χ4v) is 4.16. The highest BCUT2D eigenvalue weighted by atomic mass is 16.2. The number of pyridine rings is 1. The third-order valence-corrected chi connectivity index (χ3v) is 5.45. The Bertz CT molecular complexity index is 826. The first-order chi connectivity index (χ1) is 12.0. The molecule has 3 amide bonds. The molecular formula is C18H16N4O3. The van der Waals surface area contributed by atoms with Gasteiger partial charge in [-0.1, -0.05) is 12.2 Å². The average Bonchev–Trinajstić information content (AvgIpc) is 3.31. The molecule has 1 aliphatic heterocycles. The highest BCUT2D eigenvalue weighted by Gasteiger charge is 2.59. The number of hydrogen-bond donors (Lipinski definition) is 0. The van der Waals surface area contributed by atoms with Crippen LogP contribution in [0.5, 0.6) is 0 Å². The topological polar surface area (TPSA) is 94.4 Å². The molecule has 4 rings (SSSR count). The highest BCUT2D eigenvalue weighted by Crippen LogP contribution is 2.52. The molecule has 2 bridgehead atoms. The van der Waals surface area contributed by atoms with Gasteiger partial charge in [0.2, 0.25) is 17.7 Å². The lowest BCUT2D eigenvalue weighted by molar-refractivity contribution is -0.143. The van der Waals surface area contributed by atoms with Gasteiger partial charge in [0, 0.05) is 13.2 Å². The fraction of sp³-hybridized carbons (Fsp3) is 0.389. The Morgan fingerprint density at radius 2 is 1.96 bits per heavy atom. The van der Waals surface area contributed by atoms with Gasteiger partial charge in [-0.3, -0.25) is 24.2 Å². The van der Waals surface area contributed by atoms with Crippen molar-refractivity contribution in [2.24, 2.45) is 23.7 Å². The van der Waals surface area contributed by atoms with E-state index in [2.05, 4.69) is 4.98 Å². The summed E-state index contributed by atoms with van der Waals surface area (Å²) >= 11 is 0. The zero-order valence-electron chi connectivity index (χ0n) is 13.6. The Morgan fingerprint density at radius 3 is 2.56 bits per heavy atom. The molecule has 0 N–H and O–H groups in total. The second-order valence-electron chi connectivity index (χ2n) is 6.73. The van der Waals surface area contributed by atoms with Gasteiger partial charge in [0.1, 0.15) is 12.4 Å². The summed E-state index contributed by atoms with van der Waals surface area (Å²) in [5.74, 6) is -0.952. The van der Waals surface area contributed by atoms with E-state index in [1.54, 1.807) is 6.07 Å². The van der Waals surface area contributed by atoms with E-state index < -0.39 is 5.91 Å². The van der Waals surface area contributed by atoms with E-state index in [9.17, 15) is 14.4 Å². The number of likely N-dealkylation sites (N-methyl/N-ethyl adjacent to an activating group) is 1. The van der Waals surface area contributed by atoms with Crippen LogP contribution in [0.15, 0.2) is 30.5 Å². The zero-order chi connectivity index (χ0) is 17.7. The first-order valence-corrected chi connectivity index (χ1v) is 8.17. The predicted molar refractivity (Wildman–Crippen MR) is 86.8 cm³/mol. The molecule has 2 aliphatic carbocycles. The lowest BCUT2D eigenvalue weighted by atomic mass is 9.85. The second-order valence-corrected chi connectivity index (χ2v) is 6.73. The number of hydrogen-bond acceptors (Lipinski definition) is 5. The van der Waals surface area contributed by atoms with E-state index in [-0.39, 0.29) is 42.0 Å². The third-order valence-electron chi connectivity index (χ3n) is 5.45. The highest BCUT2D eigenvalue weighted by molar-refractivity contribution is 6.09. The summed E-state index contributed by atoms with van der Waals surface area (Å²) in [6, 6.07) is 5.02. The Labute approximate surface area is 144 Å². The minimum Gasteiger partial charge on any atom is -0.298 e. The van der Waals surface area contributed by atoms with Crippen LogP contribution in [0.4, 0.5) is 5.82 Å². The van der Waals surface area contributed by atoms with E-state index in [1.165, 1.54) is 24.2 Å². The predicted octanol–water partition coefficient (Wildman–Crippen LogP) is 0.723. The van der Waals surface area contributed by atoms with Crippen LogP contribution in [0, 0.1) is 35.0 Å². The number of nitriles is 1. The summed E-state index contributed by atoms with van der Waals surface area (Å²) < 4.78 is 0. The van der Waals surface area contributed by atoms with Crippen molar-refractivity contribution in [2.75, 3.05) is 18.5 Å². The monoisotopic (exact) mass is 336 g/mol. The van der Waals surface area contributed by atoms with Crippen LogP contribution in [0.1, 0.15) is 12.0 Å². The second kappa shape index (κ2) is 5.52. The van der Waals surface area contributed by atoms with Gasteiger partial charge in [-0.2, -0.15) is 5.26 Å². The lowest BCUT2D eigenvalue weighted by Gasteiger charge is -2.21. The summed E-state index contributed by atoms with van der Waals surface area (Å²) in [6.07, 6.45) is 6.34. The Hall–Kier alpha value is -3.01. The van der Waals surface area contributed by atoms with Crippen LogP contribution >= 0.6 is 0 Å². The maximum atomic E-state index is 12.6. The molecule has 0 radical (unpaired) electrons. The van der Waals surface area contributed by atoms with Crippen LogP contribution in [-0.2, 0) is 14.4 Å². The average molecular weight is 336 g/mol. The van der Waals surface area contributed by atoms with Crippen molar-refractivity contribution in [3.63, 3.8) is 0 Å². The fourth-order valence-electron chi connectivity index (χ4n) is 4.16. The Balaban J connectivity index is 1.51. The summed E-state index contributed by atoms with van der Waals surface area (Å²) in [5.41, 5.74) is 0.384. The summed E-state index contributed by atoms with van der Waals surface area (Å²) in [4.78, 5) is 44.2. The van der Waals surface area contributed by atoms with Gasteiger partial charge in [0.15, 0.2) is 0 Å². The molecular weight excluding hydrogens is 320 g/mol. The summed E-state index contributed by atoms with van der Waals surface area (Å²) in [6.45, 7) is -0.293. The van der Waals surface area contributed by atoms with E-state index in [1.807, 2.05) is 18.2 Å². The van der Waals surface area contributed by atoms with Gasteiger partial charge >= 0.3 is 0 Å². The van der Waals surface area contributed by atoms with Crippen molar-refractivity contribution in [1.82, 2.24) is 9.88 Å². The number of carbonyl (C=O) groups excluding carboxylic acids is 3. The van der Waals surface area contributed by atoms with E-state index in [4.69, 9.17) is 5.26 Å². The lowest BCUT2D eigenvalue weighted by Crippen LogP contribution is -2.42. The number of rotatable bonds is 3. The normalized spacial score (nSPS) is 29.0. The standard InChI is InChI=1S/C18H16N4O3/c1-21(13-6-10(8-19)4-5-20-13)14(23)9-22-17(24)15-11-2-3-12(7-11)16(15)18(22)25/h2-6,11-12,15-16H,7,9H2,1H3/t11-,12-,15+,16+/m0/s1. The third kappa shape index (κ3) is 2.25. The van der Waals surface area contributed by atoms with Gasteiger partial charge in [0.05, 0.1) is 23.5 Å². The van der Waals surface area contributed by atoms with E-state index in [0.29, 0.717) is 11.4 Å². The van der Waals surface area contributed by atoms with E-state index >= 15 is 0 Å². The summed E-state index contributed by atoms with van der Waals surface area (Å²) in [7, 11) is 1.52. The van der Waals surface area contributed by atoms with Gasteiger partial charge < -0.3 is 0 Å². The quantitative estimate of drug-likeness (QED) is 0.599. The Kier molecular flexibility index (Phi) is 3.42. The van der Waals surface area contributed by atoms with Crippen molar-refractivity contribution in [1.29, 1.82) is 5.26 Å². The molecule has 1 saturated heterocycles. The smallest absolute Gasteiger partial charge is 0.248 e. The van der Waals surface area contributed by atoms with Crippen LogP contribution in [0.25, 0.3) is 0 Å². The van der Waals surface area contributed by atoms with Gasteiger partial charge in [-0.15, -0.1) is 0 Å². The number of imide groups is 1. The maximum Gasteiger partial charge on any atom is 0.248 e. The molecule has 0 aromatic carbocycles. The molecule has 1 aromatic heterocycles. The number of amides is 3. The largest absolute Gasteiger partial charge is 0.298 e. The molecule has 126 valence electrons. The molecule has 1 saturated carbocycles. The molecule has 4 atom stereocenters. The van der Waals surface area contributed by atoms with Crippen molar-refractivity contribution in [3.05, 3.63) is 36.0 Å². The van der Waals surface area contributed by atoms with Crippen molar-refractivity contribution < 1.29 is 14.4 Å². The van der Waals surface area contributed by atoms with Gasteiger partial charge in [-0.25, -0.2) is 4.98 Å². The molecule has 7 heteroatoms. The first kappa shape index (κ1) is 15.5. The number of fused-ring (bicyclic) bond motifs is 5. The minimum absolute atomic E-state index is 0.123. The van der Waals surface area contributed by atoms with Crippen molar-refractivity contribution in [3.8, 4) is 6.07 Å². The van der Waals surface area contributed by atoms with Crippen LogP contribution in [-0.4, -0.2) is 41.2 Å². The molecule has 2 fully saturated rings. The van der Waals surface area contributed by atoms with Crippen LogP contribution in [0.3, 0.4) is 0 Å². The van der Waals surface area contributed by atoms with Crippen molar-refractivity contribution in [2.45, 2.75) is 6.42 Å². The Morgan fingerprint density at radius 1 is 1.32 bits per heavy atom. The van der Waals surface area contributed by atoms with Crippen LogP contribution < -0.4 is 4.90 Å². The maximum absolute atomic E-state index is 12.6. The van der Waals surface area contributed by atoms with Gasteiger partial charge in [-0.05, 0) is 30.4 Å². The molecule has 1 aromatic rings. The molecule has 0 spiro atoms. The molecule has 7 nitrogen and oxygen atoms in total. The SMILES string of the molecule is CN(C(=O)CN1C(=O)[C@H]2[C@H](C1=O)[C@H]1C=C[C@H]2C1)c1cc(C#N)ccn1. The molecule has 25 heavy (non-hydrogen) atoms. The van der Waals surface area contributed by atoms with E-state index in [0.717, 1.165) is 11.3 Å². The van der Waals surface area contributed by atoms with Crippen molar-refractivity contribution >= 4 is 23.5 Å². The number of carbonyl (C=O) groups is 3. The number of allylic oxidation sites excluding steroid dienone is 2. The van der Waals surface area contributed by atoms with Crippen LogP contribution in [0.2, 0.25) is 0 Å². The number of aromatic nitrogens is 1. The number of likely N-dealkylation sites (tertiary alicyclic amines) is 1. The number of nitrogens with zero attached hydrogens (tertiary/aromatic N) is 4. The first-order valence-electron chi connectivity index (χ1n) is 8.17. The molecule has 3 aliphatic rings.